The molecule has 0 aliphatic carbocycles. The van der Waals surface area contributed by atoms with E-state index in [1.165, 1.54) is 6.92 Å². The number of hydrogen-bond acceptors (Lipinski definition) is 9. The van der Waals surface area contributed by atoms with Crippen molar-refractivity contribution in [3.63, 3.8) is 0 Å². The molecule has 28 heavy (non-hydrogen) atoms. The van der Waals surface area contributed by atoms with Gasteiger partial charge in [0.05, 0.1) is 76.3 Å². The van der Waals surface area contributed by atoms with Crippen LogP contribution in [0.4, 0.5) is 0 Å². The maximum Gasteiger partial charge on any atom is 1.00 e. The van der Waals surface area contributed by atoms with E-state index in [2.05, 4.69) is 6.92 Å². The fourth-order valence-corrected chi connectivity index (χ4v) is 1.20. The SMILES string of the molecule is CC(O)CO.CC(O)COCC(C)OCC(C)OCC(C)O.CC1CO1.[K+].[OH-]. The Labute approximate surface area is 212 Å². The number of aliphatic hydroxyl groups excluding tert-OH is 4. The minimum atomic E-state index is -0.560. The third-order valence-corrected chi connectivity index (χ3v) is 2.71. The molecule has 0 amide bonds. The first-order valence-corrected chi connectivity index (χ1v) is 9.15. The van der Waals surface area contributed by atoms with E-state index in [1.54, 1.807) is 13.8 Å². The fourth-order valence-electron chi connectivity index (χ4n) is 1.20. The third-order valence-electron chi connectivity index (χ3n) is 2.71. The molecule has 1 fully saturated rings. The van der Waals surface area contributed by atoms with Crippen molar-refractivity contribution in [2.75, 3.05) is 39.6 Å². The Morgan fingerprint density at radius 3 is 1.50 bits per heavy atom. The average molecular weight is 441 g/mol. The second-order valence-corrected chi connectivity index (χ2v) is 6.70. The van der Waals surface area contributed by atoms with Crippen molar-refractivity contribution in [3.8, 4) is 0 Å². The largest absolute Gasteiger partial charge is 1.00 e. The molecule has 0 aromatic heterocycles. The second-order valence-electron chi connectivity index (χ2n) is 6.70. The van der Waals surface area contributed by atoms with E-state index in [1.807, 2.05) is 13.8 Å². The third kappa shape index (κ3) is 38.0. The maximum atomic E-state index is 9.04. The molecule has 1 saturated heterocycles. The van der Waals surface area contributed by atoms with Crippen LogP contribution in [0.15, 0.2) is 0 Å². The van der Waals surface area contributed by atoms with Gasteiger partial charge in [-0.25, -0.2) is 0 Å². The summed E-state index contributed by atoms with van der Waals surface area (Å²) in [7, 11) is 0. The van der Waals surface area contributed by atoms with E-state index < -0.39 is 18.3 Å². The van der Waals surface area contributed by atoms with Crippen molar-refractivity contribution in [2.24, 2.45) is 0 Å². The molecular formula is C18H41KO9. The molecule has 1 aliphatic heterocycles. The zero-order valence-electron chi connectivity index (χ0n) is 18.6. The smallest absolute Gasteiger partial charge is 0.870 e. The Balaban J connectivity index is -0.000000215. The zero-order valence-corrected chi connectivity index (χ0v) is 21.7. The second kappa shape index (κ2) is 24.5. The number of ether oxygens (including phenoxy) is 4. The van der Waals surface area contributed by atoms with Gasteiger partial charge in [-0.05, 0) is 41.5 Å². The van der Waals surface area contributed by atoms with Gasteiger partial charge in [0.25, 0.3) is 0 Å². The van der Waals surface area contributed by atoms with Gasteiger partial charge in [0, 0.05) is 0 Å². The molecule has 10 heteroatoms. The van der Waals surface area contributed by atoms with Gasteiger partial charge in [-0.1, -0.05) is 0 Å². The summed E-state index contributed by atoms with van der Waals surface area (Å²) in [4.78, 5) is 0. The number of rotatable bonds is 11. The summed E-state index contributed by atoms with van der Waals surface area (Å²) in [5.41, 5.74) is 0. The van der Waals surface area contributed by atoms with Crippen LogP contribution < -0.4 is 51.4 Å². The normalized spacial score (nSPS) is 19.7. The van der Waals surface area contributed by atoms with Gasteiger partial charge in [-0.2, -0.15) is 0 Å². The Kier molecular flexibility index (Phi) is 32.1. The summed E-state index contributed by atoms with van der Waals surface area (Å²) in [6, 6.07) is 0. The van der Waals surface area contributed by atoms with Gasteiger partial charge in [0.15, 0.2) is 0 Å². The van der Waals surface area contributed by atoms with Gasteiger partial charge >= 0.3 is 51.4 Å². The molecule has 9 nitrogen and oxygen atoms in total. The van der Waals surface area contributed by atoms with Gasteiger partial charge < -0.3 is 44.8 Å². The fraction of sp³-hybridized carbons (Fsp3) is 1.00. The number of aliphatic hydroxyl groups is 4. The molecule has 0 bridgehead atoms. The van der Waals surface area contributed by atoms with Crippen LogP contribution in [0.25, 0.3) is 0 Å². The van der Waals surface area contributed by atoms with Crippen LogP contribution in [0.1, 0.15) is 41.5 Å². The van der Waals surface area contributed by atoms with E-state index in [4.69, 9.17) is 39.4 Å². The van der Waals surface area contributed by atoms with Crippen LogP contribution in [0.3, 0.4) is 0 Å². The molecule has 0 radical (unpaired) electrons. The molecule has 6 unspecified atom stereocenters. The van der Waals surface area contributed by atoms with E-state index in [0.29, 0.717) is 32.5 Å². The van der Waals surface area contributed by atoms with E-state index in [-0.39, 0.29) is 75.7 Å². The summed E-state index contributed by atoms with van der Waals surface area (Å²) >= 11 is 0. The van der Waals surface area contributed by atoms with Gasteiger partial charge in [-0.3, -0.25) is 0 Å². The first-order chi connectivity index (χ1) is 12.1. The molecule has 6 atom stereocenters. The van der Waals surface area contributed by atoms with Gasteiger partial charge in [-0.15, -0.1) is 0 Å². The Morgan fingerprint density at radius 1 is 0.821 bits per heavy atom. The van der Waals surface area contributed by atoms with Gasteiger partial charge in [0.2, 0.25) is 0 Å². The van der Waals surface area contributed by atoms with E-state index in [0.717, 1.165) is 6.61 Å². The number of epoxide rings is 1. The topological polar surface area (TPSA) is 151 Å². The van der Waals surface area contributed by atoms with Crippen LogP contribution in [-0.2, 0) is 18.9 Å². The van der Waals surface area contributed by atoms with Crippen LogP contribution in [0, 0.1) is 0 Å². The van der Waals surface area contributed by atoms with Crippen LogP contribution in [0.2, 0.25) is 0 Å². The predicted molar refractivity (Wildman–Crippen MR) is 101 cm³/mol. The van der Waals surface area contributed by atoms with Crippen LogP contribution in [-0.4, -0.2) is 102 Å². The van der Waals surface area contributed by atoms with Crippen molar-refractivity contribution < 1.29 is 96.2 Å². The molecule has 0 spiro atoms. The predicted octanol–water partition coefficient (Wildman–Crippen LogP) is -2.83. The summed E-state index contributed by atoms with van der Waals surface area (Å²) < 4.78 is 20.8. The van der Waals surface area contributed by atoms with Crippen LogP contribution >= 0.6 is 0 Å². The van der Waals surface area contributed by atoms with Crippen molar-refractivity contribution in [3.05, 3.63) is 0 Å². The summed E-state index contributed by atoms with van der Waals surface area (Å²) in [5, 5.41) is 34.0. The molecule has 0 aromatic carbocycles. The molecular weight excluding hydrogens is 399 g/mol. The van der Waals surface area contributed by atoms with Crippen molar-refractivity contribution >= 4 is 0 Å². The minimum absolute atomic E-state index is 0. The van der Waals surface area contributed by atoms with Crippen molar-refractivity contribution in [1.29, 1.82) is 0 Å². The number of hydrogen-bond donors (Lipinski definition) is 4. The van der Waals surface area contributed by atoms with Crippen LogP contribution in [0.5, 0.6) is 0 Å². The van der Waals surface area contributed by atoms with Gasteiger partial charge in [0.1, 0.15) is 0 Å². The van der Waals surface area contributed by atoms with E-state index in [9.17, 15) is 0 Å². The first kappa shape index (κ1) is 36.6. The maximum absolute atomic E-state index is 9.04. The molecule has 0 saturated carbocycles. The quantitative estimate of drug-likeness (QED) is 0.197. The monoisotopic (exact) mass is 440 g/mol. The standard InChI is InChI=1S/C12H26O5.C3H8O2.C3H6O.K.H2O/c1-9(13)5-15-7-11(3)17-8-12(4)16-6-10(2)14;1-3(5)2-4;1-3-2-4-3;;/h9-14H,5-8H2,1-4H3;3-5H,2H2,1H3;3H,2H2,1H3;;1H2/q;;;+1;/p-1. The van der Waals surface area contributed by atoms with Crippen molar-refractivity contribution in [2.45, 2.75) is 78.2 Å². The summed E-state index contributed by atoms with van der Waals surface area (Å²) in [6.07, 6.45) is -0.968. The average Bonchev–Trinajstić information content (AvgIpc) is 3.34. The molecule has 1 rings (SSSR count). The first-order valence-electron chi connectivity index (χ1n) is 9.15. The minimum Gasteiger partial charge on any atom is -0.870 e. The summed E-state index contributed by atoms with van der Waals surface area (Å²) in [6.45, 7) is 13.1. The van der Waals surface area contributed by atoms with E-state index >= 15 is 0 Å². The molecule has 168 valence electrons. The zero-order chi connectivity index (χ0) is 20.5. The summed E-state index contributed by atoms with van der Waals surface area (Å²) in [5.74, 6) is 0. The Bertz CT molecular complexity index is 290. The van der Waals surface area contributed by atoms with Crippen molar-refractivity contribution in [1.82, 2.24) is 0 Å². The molecule has 1 heterocycles. The molecule has 1 aliphatic rings. The molecule has 0 aromatic rings. The Morgan fingerprint density at radius 2 is 1.18 bits per heavy atom. The molecule has 5 N–H and O–H groups in total. The Hall–Kier alpha value is 1.28.